The SMILES string of the molecule is CN1CCN(c2cc(C(=O)Nc3cc4cc(-c5cncn5C)ccc4cn3)ccn2)CC1. The molecule has 0 aliphatic carbocycles. The fraction of sp³-hybridized carbons (Fsp3) is 0.250. The number of piperazine rings is 1. The Hall–Kier alpha value is -3.78. The number of nitrogens with zero attached hydrogens (tertiary/aromatic N) is 6. The lowest BCUT2D eigenvalue weighted by Crippen LogP contribution is -2.44. The van der Waals surface area contributed by atoms with E-state index < -0.39 is 0 Å². The molecule has 32 heavy (non-hydrogen) atoms. The summed E-state index contributed by atoms with van der Waals surface area (Å²) < 4.78 is 1.98. The standard InChI is InChI=1S/C24H25N7O/c1-29-7-9-31(10-8-29)23-13-18(5-6-26-23)24(32)28-22-12-20-11-17(3-4-19(20)14-27-22)21-15-25-16-30(21)2/h3-6,11-16H,7-10H2,1-2H3,(H,27,28,32). The van der Waals surface area contributed by atoms with Crippen molar-refractivity contribution in [2.24, 2.45) is 7.05 Å². The Kier molecular flexibility index (Phi) is 5.28. The predicted octanol–water partition coefficient (Wildman–Crippen LogP) is 3.03. The van der Waals surface area contributed by atoms with E-state index in [0.29, 0.717) is 11.4 Å². The molecular formula is C24H25N7O. The molecule has 1 saturated heterocycles. The van der Waals surface area contributed by atoms with E-state index >= 15 is 0 Å². The summed E-state index contributed by atoms with van der Waals surface area (Å²) in [6.45, 7) is 3.78. The molecule has 1 amide bonds. The summed E-state index contributed by atoms with van der Waals surface area (Å²) in [6, 6.07) is 11.6. The summed E-state index contributed by atoms with van der Waals surface area (Å²) in [5.41, 5.74) is 2.66. The first-order chi connectivity index (χ1) is 15.6. The molecule has 8 nitrogen and oxygen atoms in total. The maximum atomic E-state index is 12.9. The maximum absolute atomic E-state index is 12.9. The Labute approximate surface area is 186 Å². The number of amides is 1. The minimum absolute atomic E-state index is 0.197. The van der Waals surface area contributed by atoms with Gasteiger partial charge in [-0.2, -0.15) is 0 Å². The van der Waals surface area contributed by atoms with Gasteiger partial charge >= 0.3 is 0 Å². The zero-order chi connectivity index (χ0) is 22.1. The quantitative estimate of drug-likeness (QED) is 0.539. The molecule has 0 bridgehead atoms. The molecule has 5 rings (SSSR count). The molecular weight excluding hydrogens is 402 g/mol. The number of pyridine rings is 2. The molecule has 3 aromatic heterocycles. The van der Waals surface area contributed by atoms with Crippen molar-refractivity contribution in [3.05, 3.63) is 66.9 Å². The molecule has 0 spiro atoms. The van der Waals surface area contributed by atoms with Gasteiger partial charge in [-0.25, -0.2) is 15.0 Å². The molecule has 1 N–H and O–H groups in total. The zero-order valence-corrected chi connectivity index (χ0v) is 18.2. The summed E-state index contributed by atoms with van der Waals surface area (Å²) in [5.74, 6) is 1.15. The minimum atomic E-state index is -0.197. The highest BCUT2D eigenvalue weighted by Crippen LogP contribution is 2.25. The highest BCUT2D eigenvalue weighted by Gasteiger charge is 2.17. The van der Waals surface area contributed by atoms with E-state index in [1.165, 1.54) is 0 Å². The topological polar surface area (TPSA) is 79.2 Å². The van der Waals surface area contributed by atoms with Crippen molar-refractivity contribution in [1.82, 2.24) is 24.4 Å². The van der Waals surface area contributed by atoms with Crippen LogP contribution < -0.4 is 10.2 Å². The number of rotatable bonds is 4. The number of benzene rings is 1. The van der Waals surface area contributed by atoms with E-state index in [0.717, 1.165) is 54.0 Å². The van der Waals surface area contributed by atoms with Crippen molar-refractivity contribution in [3.63, 3.8) is 0 Å². The average molecular weight is 428 g/mol. The van der Waals surface area contributed by atoms with Gasteiger partial charge in [-0.1, -0.05) is 12.1 Å². The summed E-state index contributed by atoms with van der Waals surface area (Å²) in [7, 11) is 4.08. The number of anilines is 2. The Morgan fingerprint density at radius 2 is 1.78 bits per heavy atom. The van der Waals surface area contributed by atoms with Gasteiger partial charge in [-0.05, 0) is 36.7 Å². The van der Waals surface area contributed by atoms with Crippen molar-refractivity contribution in [2.75, 3.05) is 43.4 Å². The van der Waals surface area contributed by atoms with Crippen LogP contribution in [-0.2, 0) is 7.05 Å². The minimum Gasteiger partial charge on any atom is -0.354 e. The highest BCUT2D eigenvalue weighted by molar-refractivity contribution is 6.05. The maximum Gasteiger partial charge on any atom is 0.257 e. The molecule has 4 aromatic rings. The van der Waals surface area contributed by atoms with Gasteiger partial charge < -0.3 is 19.7 Å². The summed E-state index contributed by atoms with van der Waals surface area (Å²) in [5, 5.41) is 4.94. The molecule has 0 unspecified atom stereocenters. The van der Waals surface area contributed by atoms with E-state index in [2.05, 4.69) is 49.2 Å². The Morgan fingerprint density at radius 3 is 2.56 bits per heavy atom. The average Bonchev–Trinajstić information content (AvgIpc) is 3.25. The monoisotopic (exact) mass is 427 g/mol. The van der Waals surface area contributed by atoms with Crippen LogP contribution in [0.4, 0.5) is 11.6 Å². The second kappa shape index (κ2) is 8.39. The van der Waals surface area contributed by atoms with Crippen molar-refractivity contribution in [2.45, 2.75) is 0 Å². The van der Waals surface area contributed by atoms with Crippen LogP contribution in [0.1, 0.15) is 10.4 Å². The van der Waals surface area contributed by atoms with E-state index in [9.17, 15) is 4.79 Å². The van der Waals surface area contributed by atoms with Gasteiger partial charge in [0.1, 0.15) is 11.6 Å². The van der Waals surface area contributed by atoms with Crippen LogP contribution in [0.25, 0.3) is 22.0 Å². The number of likely N-dealkylation sites (N-methyl/N-ethyl adjacent to an activating group) is 1. The molecule has 0 atom stereocenters. The largest absolute Gasteiger partial charge is 0.354 e. The number of carbonyl (C=O) groups excluding carboxylic acids is 1. The van der Waals surface area contributed by atoms with Crippen LogP contribution in [0.2, 0.25) is 0 Å². The third-order valence-corrected chi connectivity index (χ3v) is 5.91. The Balaban J connectivity index is 1.36. The fourth-order valence-corrected chi connectivity index (χ4v) is 3.96. The number of hydrogen-bond acceptors (Lipinski definition) is 6. The van der Waals surface area contributed by atoms with Crippen LogP contribution in [0.3, 0.4) is 0 Å². The number of aromatic nitrogens is 4. The van der Waals surface area contributed by atoms with Gasteiger partial charge in [-0.3, -0.25) is 4.79 Å². The van der Waals surface area contributed by atoms with Crippen LogP contribution in [0.5, 0.6) is 0 Å². The number of aryl methyl sites for hydroxylation is 1. The molecule has 0 radical (unpaired) electrons. The first kappa shape index (κ1) is 20.1. The first-order valence-electron chi connectivity index (χ1n) is 10.6. The lowest BCUT2D eigenvalue weighted by atomic mass is 10.1. The van der Waals surface area contributed by atoms with Gasteiger partial charge in [0.05, 0.1) is 18.2 Å². The second-order valence-electron chi connectivity index (χ2n) is 8.17. The van der Waals surface area contributed by atoms with E-state index in [-0.39, 0.29) is 5.91 Å². The fourth-order valence-electron chi connectivity index (χ4n) is 3.96. The molecule has 1 aromatic carbocycles. The summed E-state index contributed by atoms with van der Waals surface area (Å²) in [6.07, 6.45) is 7.09. The predicted molar refractivity (Wildman–Crippen MR) is 126 cm³/mol. The lowest BCUT2D eigenvalue weighted by Gasteiger charge is -2.33. The van der Waals surface area contributed by atoms with E-state index in [1.807, 2.05) is 36.0 Å². The van der Waals surface area contributed by atoms with Crippen molar-refractivity contribution >= 4 is 28.3 Å². The molecule has 1 fully saturated rings. The first-order valence-corrected chi connectivity index (χ1v) is 10.6. The molecule has 4 heterocycles. The smallest absolute Gasteiger partial charge is 0.257 e. The zero-order valence-electron chi connectivity index (χ0n) is 18.2. The molecule has 1 aliphatic rings. The van der Waals surface area contributed by atoms with Crippen molar-refractivity contribution in [1.29, 1.82) is 0 Å². The number of carbonyl (C=O) groups is 1. The number of hydrogen-bond donors (Lipinski definition) is 1. The van der Waals surface area contributed by atoms with E-state index in [1.54, 1.807) is 24.8 Å². The molecule has 8 heteroatoms. The third-order valence-electron chi connectivity index (χ3n) is 5.91. The number of imidazole rings is 1. The highest BCUT2D eigenvalue weighted by atomic mass is 16.1. The lowest BCUT2D eigenvalue weighted by molar-refractivity contribution is 0.102. The second-order valence-corrected chi connectivity index (χ2v) is 8.17. The van der Waals surface area contributed by atoms with Crippen LogP contribution >= 0.6 is 0 Å². The van der Waals surface area contributed by atoms with Gasteiger partial charge in [0.15, 0.2) is 0 Å². The summed E-state index contributed by atoms with van der Waals surface area (Å²) in [4.78, 5) is 30.5. The van der Waals surface area contributed by atoms with Crippen molar-refractivity contribution < 1.29 is 4.79 Å². The third kappa shape index (κ3) is 4.04. The molecule has 0 saturated carbocycles. The molecule has 1 aliphatic heterocycles. The normalized spacial score (nSPS) is 14.6. The van der Waals surface area contributed by atoms with Crippen LogP contribution in [0, 0.1) is 0 Å². The summed E-state index contributed by atoms with van der Waals surface area (Å²) >= 11 is 0. The van der Waals surface area contributed by atoms with Crippen molar-refractivity contribution in [3.8, 4) is 11.3 Å². The molecule has 162 valence electrons. The van der Waals surface area contributed by atoms with Gasteiger partial charge in [0, 0.05) is 62.1 Å². The van der Waals surface area contributed by atoms with Gasteiger partial charge in [0.25, 0.3) is 5.91 Å². The van der Waals surface area contributed by atoms with Crippen LogP contribution in [0.15, 0.2) is 61.3 Å². The number of fused-ring (bicyclic) bond motifs is 1. The van der Waals surface area contributed by atoms with Gasteiger partial charge in [0.2, 0.25) is 0 Å². The Morgan fingerprint density at radius 1 is 0.938 bits per heavy atom. The van der Waals surface area contributed by atoms with E-state index in [4.69, 9.17) is 0 Å². The Bertz CT molecular complexity index is 1270. The number of nitrogens with one attached hydrogen (secondary N) is 1. The van der Waals surface area contributed by atoms with Gasteiger partial charge in [-0.15, -0.1) is 0 Å². The van der Waals surface area contributed by atoms with Crippen LogP contribution in [-0.4, -0.2) is 63.6 Å².